The van der Waals surface area contributed by atoms with Gasteiger partial charge in [-0.25, -0.2) is 0 Å². The van der Waals surface area contributed by atoms with Crippen molar-refractivity contribution in [1.29, 1.82) is 0 Å². The van der Waals surface area contributed by atoms with Crippen LogP contribution < -0.4 is 5.32 Å². The lowest BCUT2D eigenvalue weighted by atomic mass is 10.0. The first-order chi connectivity index (χ1) is 10.3. The fourth-order valence-corrected chi connectivity index (χ4v) is 2.98. The molecule has 3 heteroatoms. The average Bonchev–Trinajstić information content (AvgIpc) is 2.53. The van der Waals surface area contributed by atoms with Crippen molar-refractivity contribution in [2.24, 2.45) is 0 Å². The van der Waals surface area contributed by atoms with Gasteiger partial charge in [-0.15, -0.1) is 0 Å². The van der Waals surface area contributed by atoms with E-state index in [1.165, 1.54) is 42.5 Å². The largest absolute Gasteiger partial charge is 0.311 e. The molecule has 1 heterocycles. The fraction of sp³-hybridized carbons (Fsp3) is 0.444. The molecule has 2 aromatic rings. The summed E-state index contributed by atoms with van der Waals surface area (Å²) >= 11 is 0. The molecule has 0 radical (unpaired) electrons. The van der Waals surface area contributed by atoms with Gasteiger partial charge in [-0.1, -0.05) is 42.5 Å². The lowest BCUT2D eigenvalue weighted by molar-refractivity contribution is 0.154. The third-order valence-electron chi connectivity index (χ3n) is 4.40. The maximum atomic E-state index is 3.60. The highest BCUT2D eigenvalue weighted by molar-refractivity contribution is 5.85. The van der Waals surface area contributed by atoms with Gasteiger partial charge >= 0.3 is 0 Å². The molecule has 3 nitrogen and oxygen atoms in total. The quantitative estimate of drug-likeness (QED) is 0.849. The number of benzene rings is 2. The Morgan fingerprint density at radius 2 is 1.71 bits per heavy atom. The first kappa shape index (κ1) is 14.5. The molecule has 0 atom stereocenters. The first-order valence-corrected chi connectivity index (χ1v) is 7.91. The van der Waals surface area contributed by atoms with Crippen molar-refractivity contribution in [3.8, 4) is 0 Å². The third-order valence-corrected chi connectivity index (χ3v) is 4.40. The normalized spacial score (nSPS) is 17.4. The lowest BCUT2D eigenvalue weighted by Gasteiger charge is -2.32. The molecule has 0 amide bonds. The van der Waals surface area contributed by atoms with Crippen LogP contribution in [0.2, 0.25) is 0 Å². The minimum Gasteiger partial charge on any atom is -0.311 e. The van der Waals surface area contributed by atoms with Crippen LogP contribution in [0.1, 0.15) is 5.56 Å². The maximum absolute atomic E-state index is 3.60. The van der Waals surface area contributed by atoms with Crippen LogP contribution in [-0.2, 0) is 6.54 Å². The van der Waals surface area contributed by atoms with Crippen LogP contribution in [0.15, 0.2) is 42.5 Å². The van der Waals surface area contributed by atoms with Gasteiger partial charge in [0.15, 0.2) is 0 Å². The molecule has 0 spiro atoms. The highest BCUT2D eigenvalue weighted by Crippen LogP contribution is 2.18. The van der Waals surface area contributed by atoms with Crippen molar-refractivity contribution < 1.29 is 0 Å². The summed E-state index contributed by atoms with van der Waals surface area (Å²) in [5, 5.41) is 6.29. The van der Waals surface area contributed by atoms with E-state index in [1.54, 1.807) is 0 Å². The summed E-state index contributed by atoms with van der Waals surface area (Å²) in [6.45, 7) is 7.96. The van der Waals surface area contributed by atoms with Crippen molar-refractivity contribution in [3.05, 3.63) is 48.0 Å². The van der Waals surface area contributed by atoms with Crippen LogP contribution >= 0.6 is 0 Å². The molecule has 1 aliphatic rings. The molecular weight excluding hydrogens is 258 g/mol. The lowest BCUT2D eigenvalue weighted by Crippen LogP contribution is -2.46. The first-order valence-electron chi connectivity index (χ1n) is 7.91. The molecule has 21 heavy (non-hydrogen) atoms. The number of nitrogens with one attached hydrogen (secondary N) is 1. The van der Waals surface area contributed by atoms with Gasteiger partial charge in [0.05, 0.1) is 0 Å². The van der Waals surface area contributed by atoms with Gasteiger partial charge < -0.3 is 10.2 Å². The molecule has 1 aliphatic heterocycles. The molecule has 0 unspecified atom stereocenters. The third kappa shape index (κ3) is 3.82. The Labute approximate surface area is 127 Å². The summed E-state index contributed by atoms with van der Waals surface area (Å²) in [5.74, 6) is 0. The number of fused-ring (bicyclic) bond motifs is 1. The van der Waals surface area contributed by atoms with E-state index in [2.05, 4.69) is 64.6 Å². The molecule has 0 aromatic heterocycles. The van der Waals surface area contributed by atoms with Gasteiger partial charge in [0.1, 0.15) is 0 Å². The Balaban J connectivity index is 1.48. The summed E-state index contributed by atoms with van der Waals surface area (Å²) in [7, 11) is 2.20. The second-order valence-corrected chi connectivity index (χ2v) is 5.96. The van der Waals surface area contributed by atoms with Crippen molar-refractivity contribution in [1.82, 2.24) is 15.1 Å². The topological polar surface area (TPSA) is 18.5 Å². The molecule has 112 valence electrons. The van der Waals surface area contributed by atoms with Crippen LogP contribution in [0, 0.1) is 0 Å². The molecule has 0 bridgehead atoms. The van der Waals surface area contributed by atoms with Crippen LogP contribution in [-0.4, -0.2) is 56.1 Å². The Hall–Kier alpha value is -1.42. The van der Waals surface area contributed by atoms with E-state index in [0.29, 0.717) is 0 Å². The SMILES string of the molecule is CN1CCN(CCNCc2cccc3ccccc23)CC1. The number of hydrogen-bond acceptors (Lipinski definition) is 3. The van der Waals surface area contributed by atoms with Gasteiger partial charge in [-0.3, -0.25) is 4.90 Å². The molecule has 0 saturated carbocycles. The zero-order valence-corrected chi connectivity index (χ0v) is 12.9. The van der Waals surface area contributed by atoms with Crippen LogP contribution in [0.25, 0.3) is 10.8 Å². The molecule has 1 fully saturated rings. The summed E-state index contributed by atoms with van der Waals surface area (Å²) in [4.78, 5) is 4.95. The summed E-state index contributed by atoms with van der Waals surface area (Å²) in [5.41, 5.74) is 1.39. The molecule has 1 N–H and O–H groups in total. The number of hydrogen-bond donors (Lipinski definition) is 1. The monoisotopic (exact) mass is 283 g/mol. The number of rotatable bonds is 5. The predicted octanol–water partition coefficient (Wildman–Crippen LogP) is 2.18. The van der Waals surface area contributed by atoms with Crippen molar-refractivity contribution >= 4 is 10.8 Å². The van der Waals surface area contributed by atoms with Crippen LogP contribution in [0.3, 0.4) is 0 Å². The van der Waals surface area contributed by atoms with Crippen LogP contribution in [0.5, 0.6) is 0 Å². The Morgan fingerprint density at radius 1 is 0.952 bits per heavy atom. The summed E-state index contributed by atoms with van der Waals surface area (Å²) < 4.78 is 0. The smallest absolute Gasteiger partial charge is 0.0212 e. The summed E-state index contributed by atoms with van der Waals surface area (Å²) in [6, 6.07) is 15.2. The standard InChI is InChI=1S/C18H25N3/c1-20-11-13-21(14-12-20)10-9-19-15-17-7-4-6-16-5-2-3-8-18(16)17/h2-8,19H,9-15H2,1H3. The highest BCUT2D eigenvalue weighted by Gasteiger charge is 2.12. The van der Waals surface area contributed by atoms with E-state index in [9.17, 15) is 0 Å². The molecule has 1 saturated heterocycles. The number of piperazine rings is 1. The van der Waals surface area contributed by atoms with Gasteiger partial charge in [0.25, 0.3) is 0 Å². The molecule has 0 aliphatic carbocycles. The predicted molar refractivity (Wildman–Crippen MR) is 89.6 cm³/mol. The van der Waals surface area contributed by atoms with Crippen molar-refractivity contribution in [2.45, 2.75) is 6.54 Å². The Kier molecular flexibility index (Phi) is 4.86. The van der Waals surface area contributed by atoms with Gasteiger partial charge in [-0.2, -0.15) is 0 Å². The fourth-order valence-electron chi connectivity index (χ4n) is 2.98. The van der Waals surface area contributed by atoms with E-state index in [0.717, 1.165) is 19.6 Å². The van der Waals surface area contributed by atoms with E-state index in [-0.39, 0.29) is 0 Å². The minimum atomic E-state index is 0.953. The van der Waals surface area contributed by atoms with E-state index in [4.69, 9.17) is 0 Å². The second-order valence-electron chi connectivity index (χ2n) is 5.96. The van der Waals surface area contributed by atoms with Gasteiger partial charge in [0, 0.05) is 45.8 Å². The van der Waals surface area contributed by atoms with E-state index < -0.39 is 0 Å². The number of likely N-dealkylation sites (N-methyl/N-ethyl adjacent to an activating group) is 1. The number of nitrogens with zero attached hydrogens (tertiary/aromatic N) is 2. The van der Waals surface area contributed by atoms with Gasteiger partial charge in [0.2, 0.25) is 0 Å². The van der Waals surface area contributed by atoms with Crippen LogP contribution in [0.4, 0.5) is 0 Å². The molecular formula is C18H25N3. The molecule has 3 rings (SSSR count). The minimum absolute atomic E-state index is 0.953. The van der Waals surface area contributed by atoms with E-state index >= 15 is 0 Å². The molecule has 2 aromatic carbocycles. The highest BCUT2D eigenvalue weighted by atomic mass is 15.2. The maximum Gasteiger partial charge on any atom is 0.0212 e. The Morgan fingerprint density at radius 3 is 2.57 bits per heavy atom. The second kappa shape index (κ2) is 7.03. The van der Waals surface area contributed by atoms with Gasteiger partial charge in [-0.05, 0) is 23.4 Å². The zero-order valence-electron chi connectivity index (χ0n) is 12.9. The zero-order chi connectivity index (χ0) is 14.5. The summed E-state index contributed by atoms with van der Waals surface area (Å²) in [6.07, 6.45) is 0. The van der Waals surface area contributed by atoms with Crippen molar-refractivity contribution in [2.75, 3.05) is 46.3 Å². The average molecular weight is 283 g/mol. The van der Waals surface area contributed by atoms with Crippen molar-refractivity contribution in [3.63, 3.8) is 0 Å². The van der Waals surface area contributed by atoms with E-state index in [1.807, 2.05) is 0 Å². The Bertz CT molecular complexity index is 568.